The van der Waals surface area contributed by atoms with Gasteiger partial charge in [-0.2, -0.15) is 4.98 Å². The Morgan fingerprint density at radius 2 is 2.14 bits per heavy atom. The number of ether oxygens (including phenoxy) is 4. The smallest absolute Gasteiger partial charge is 0.303 e. The molecule has 0 amide bonds. The summed E-state index contributed by atoms with van der Waals surface area (Å²) in [5.74, 6) is -0.974. The summed E-state index contributed by atoms with van der Waals surface area (Å²) in [6.07, 6.45) is -1.19. The molecule has 22 heavy (non-hydrogen) atoms. The standard InChI is InChI=1S/C13H14N2O7/c1-6(16)19-5-8-10(20-7(2)17)11-12(21-8)15-4-3-9(18)14-13(15)22-11/h3-4,8,10-12H,5H2,1-2H3/t8-,10+,11+,12+/m0/s1. The highest BCUT2D eigenvalue weighted by atomic mass is 16.7. The van der Waals surface area contributed by atoms with Crippen molar-refractivity contribution in [2.24, 2.45) is 0 Å². The minimum atomic E-state index is -0.765. The monoisotopic (exact) mass is 310 g/mol. The van der Waals surface area contributed by atoms with Gasteiger partial charge in [-0.15, -0.1) is 0 Å². The summed E-state index contributed by atoms with van der Waals surface area (Å²) in [4.78, 5) is 37.2. The summed E-state index contributed by atoms with van der Waals surface area (Å²) in [5, 5.41) is 0. The fraction of sp³-hybridized carbons (Fsp3) is 0.538. The van der Waals surface area contributed by atoms with E-state index < -0.39 is 42.0 Å². The van der Waals surface area contributed by atoms with Gasteiger partial charge in [-0.25, -0.2) is 0 Å². The van der Waals surface area contributed by atoms with Crippen LogP contribution in [-0.4, -0.2) is 46.4 Å². The van der Waals surface area contributed by atoms with Gasteiger partial charge >= 0.3 is 17.9 Å². The molecule has 4 atom stereocenters. The molecule has 118 valence electrons. The van der Waals surface area contributed by atoms with Crippen molar-refractivity contribution in [3.05, 3.63) is 22.6 Å². The number of fused-ring (bicyclic) bond motifs is 3. The van der Waals surface area contributed by atoms with E-state index in [1.54, 1.807) is 0 Å². The zero-order valence-electron chi connectivity index (χ0n) is 11.9. The molecule has 3 rings (SSSR count). The van der Waals surface area contributed by atoms with Crippen molar-refractivity contribution < 1.29 is 28.5 Å². The lowest BCUT2D eigenvalue weighted by Gasteiger charge is -2.20. The number of rotatable bonds is 3. The summed E-state index contributed by atoms with van der Waals surface area (Å²) in [6, 6.07) is 1.38. The highest BCUT2D eigenvalue weighted by molar-refractivity contribution is 5.66. The molecule has 0 N–H and O–H groups in total. The fourth-order valence-electron chi connectivity index (χ4n) is 2.52. The zero-order valence-corrected chi connectivity index (χ0v) is 11.9. The molecule has 0 unspecified atom stereocenters. The van der Waals surface area contributed by atoms with E-state index in [2.05, 4.69) is 4.98 Å². The van der Waals surface area contributed by atoms with E-state index in [0.717, 1.165) is 0 Å². The minimum absolute atomic E-state index is 0.0629. The van der Waals surface area contributed by atoms with E-state index in [4.69, 9.17) is 18.9 Å². The van der Waals surface area contributed by atoms with Crippen LogP contribution < -0.4 is 10.3 Å². The highest BCUT2D eigenvalue weighted by Gasteiger charge is 2.54. The minimum Gasteiger partial charge on any atom is -0.463 e. The Bertz CT molecular complexity index is 671. The average molecular weight is 310 g/mol. The van der Waals surface area contributed by atoms with Crippen molar-refractivity contribution >= 4 is 11.9 Å². The summed E-state index contributed by atoms with van der Waals surface area (Å²) < 4.78 is 23.0. The van der Waals surface area contributed by atoms with E-state index in [1.807, 2.05) is 0 Å². The summed E-state index contributed by atoms with van der Waals surface area (Å²) >= 11 is 0. The molecule has 1 fully saturated rings. The zero-order chi connectivity index (χ0) is 15.9. The van der Waals surface area contributed by atoms with E-state index >= 15 is 0 Å². The van der Waals surface area contributed by atoms with Crippen LogP contribution in [0.1, 0.15) is 20.1 Å². The van der Waals surface area contributed by atoms with Crippen molar-refractivity contribution in [3.8, 4) is 6.01 Å². The van der Waals surface area contributed by atoms with Crippen LogP contribution in [0.25, 0.3) is 0 Å². The first-order valence-electron chi connectivity index (χ1n) is 6.67. The molecule has 1 saturated heterocycles. The van der Waals surface area contributed by atoms with Crippen LogP contribution >= 0.6 is 0 Å². The number of aromatic nitrogens is 2. The number of carbonyl (C=O) groups excluding carboxylic acids is 2. The van der Waals surface area contributed by atoms with Crippen LogP contribution in [0.5, 0.6) is 6.01 Å². The SMILES string of the molecule is CC(=O)OC[C@@H]1O[C@@H]2[C@H](Oc3nc(=O)ccn32)[C@@H]1OC(C)=O. The molecular formula is C13H14N2O7. The number of hydrogen-bond acceptors (Lipinski definition) is 8. The maximum absolute atomic E-state index is 11.3. The molecule has 2 aliphatic rings. The molecule has 0 spiro atoms. The second-order valence-electron chi connectivity index (χ2n) is 4.98. The molecule has 3 heterocycles. The van der Waals surface area contributed by atoms with Crippen LogP contribution in [0.15, 0.2) is 17.1 Å². The average Bonchev–Trinajstić information content (AvgIpc) is 2.92. The van der Waals surface area contributed by atoms with Gasteiger partial charge in [-0.3, -0.25) is 19.0 Å². The van der Waals surface area contributed by atoms with Crippen molar-refractivity contribution in [2.45, 2.75) is 38.4 Å². The lowest BCUT2D eigenvalue weighted by molar-refractivity contribution is -0.157. The third kappa shape index (κ3) is 2.54. The Balaban J connectivity index is 1.84. The van der Waals surface area contributed by atoms with Crippen LogP contribution in [0, 0.1) is 0 Å². The number of hydrogen-bond donors (Lipinski definition) is 0. The van der Waals surface area contributed by atoms with Gasteiger partial charge < -0.3 is 18.9 Å². The van der Waals surface area contributed by atoms with Crippen LogP contribution in [0.4, 0.5) is 0 Å². The molecule has 2 aliphatic heterocycles. The fourth-order valence-corrected chi connectivity index (χ4v) is 2.52. The number of nitrogens with zero attached hydrogens (tertiary/aromatic N) is 2. The van der Waals surface area contributed by atoms with Gasteiger partial charge in [-0.05, 0) is 0 Å². The summed E-state index contributed by atoms with van der Waals surface area (Å²) in [5.41, 5.74) is -0.438. The first kappa shape index (κ1) is 14.5. The Kier molecular flexibility index (Phi) is 3.57. The van der Waals surface area contributed by atoms with Gasteiger partial charge in [0.05, 0.1) is 0 Å². The normalized spacial score (nSPS) is 28.5. The topological polar surface area (TPSA) is 106 Å². The Labute approximate surface area is 124 Å². The van der Waals surface area contributed by atoms with Gasteiger partial charge in [-0.1, -0.05) is 0 Å². The van der Waals surface area contributed by atoms with Gasteiger partial charge in [0.2, 0.25) is 0 Å². The number of carbonyl (C=O) groups is 2. The van der Waals surface area contributed by atoms with E-state index in [1.165, 1.54) is 30.7 Å². The largest absolute Gasteiger partial charge is 0.463 e. The van der Waals surface area contributed by atoms with Crippen LogP contribution in [0.3, 0.4) is 0 Å². The number of esters is 2. The second-order valence-corrected chi connectivity index (χ2v) is 4.98. The third-order valence-electron chi connectivity index (χ3n) is 3.36. The van der Waals surface area contributed by atoms with E-state index in [-0.39, 0.29) is 12.6 Å². The third-order valence-corrected chi connectivity index (χ3v) is 3.36. The van der Waals surface area contributed by atoms with Crippen LogP contribution in [0.2, 0.25) is 0 Å². The first-order valence-corrected chi connectivity index (χ1v) is 6.67. The predicted octanol–water partition coefficient (Wildman–Crippen LogP) is -0.604. The van der Waals surface area contributed by atoms with Gasteiger partial charge in [0.15, 0.2) is 18.4 Å². The lowest BCUT2D eigenvalue weighted by atomic mass is 10.1. The van der Waals surface area contributed by atoms with Crippen LogP contribution in [-0.2, 0) is 23.8 Å². The van der Waals surface area contributed by atoms with Crippen molar-refractivity contribution in [1.82, 2.24) is 9.55 Å². The van der Waals surface area contributed by atoms with Crippen molar-refractivity contribution in [2.75, 3.05) is 6.61 Å². The Morgan fingerprint density at radius 1 is 1.36 bits per heavy atom. The maximum Gasteiger partial charge on any atom is 0.303 e. The quantitative estimate of drug-likeness (QED) is 0.681. The molecule has 0 saturated carbocycles. The molecule has 0 aliphatic carbocycles. The molecule has 0 aromatic carbocycles. The lowest BCUT2D eigenvalue weighted by Crippen LogP contribution is -2.39. The summed E-state index contributed by atoms with van der Waals surface area (Å²) in [6.45, 7) is 2.48. The predicted molar refractivity (Wildman–Crippen MR) is 69.0 cm³/mol. The van der Waals surface area contributed by atoms with Gasteiger partial charge in [0.25, 0.3) is 5.56 Å². The highest BCUT2D eigenvalue weighted by Crippen LogP contribution is 2.40. The molecule has 1 aromatic rings. The second kappa shape index (κ2) is 5.41. The maximum atomic E-state index is 11.3. The van der Waals surface area contributed by atoms with Crippen molar-refractivity contribution in [1.29, 1.82) is 0 Å². The van der Waals surface area contributed by atoms with E-state index in [9.17, 15) is 14.4 Å². The van der Waals surface area contributed by atoms with Gasteiger partial charge in [0.1, 0.15) is 12.7 Å². The molecule has 9 nitrogen and oxygen atoms in total. The van der Waals surface area contributed by atoms with Gasteiger partial charge in [0, 0.05) is 26.1 Å². The Morgan fingerprint density at radius 3 is 2.82 bits per heavy atom. The molecule has 9 heteroatoms. The summed E-state index contributed by atoms with van der Waals surface area (Å²) in [7, 11) is 0. The molecular weight excluding hydrogens is 296 g/mol. The van der Waals surface area contributed by atoms with Crippen molar-refractivity contribution in [3.63, 3.8) is 0 Å². The molecule has 1 aromatic heterocycles. The Hall–Kier alpha value is -2.42. The molecule has 0 bridgehead atoms. The first-order chi connectivity index (χ1) is 10.5. The van der Waals surface area contributed by atoms with E-state index in [0.29, 0.717) is 0 Å². The molecule has 0 radical (unpaired) electrons.